The Morgan fingerprint density at radius 3 is 1.83 bits per heavy atom. The summed E-state index contributed by atoms with van der Waals surface area (Å²) < 4.78 is 0. The number of nitrogens with zero attached hydrogens (tertiary/aromatic N) is 1. The first-order chi connectivity index (χ1) is 11.3. The number of hydrogen-bond donors (Lipinski definition) is 0. The van der Waals surface area contributed by atoms with Crippen LogP contribution in [-0.2, 0) is 6.54 Å². The molecule has 0 unspecified atom stereocenters. The van der Waals surface area contributed by atoms with Crippen molar-refractivity contribution in [2.75, 3.05) is 13.1 Å². The van der Waals surface area contributed by atoms with Crippen LogP contribution in [0.15, 0.2) is 67.8 Å². The van der Waals surface area contributed by atoms with Crippen LogP contribution in [0.5, 0.6) is 0 Å². The maximum atomic E-state index is 3.77. The fourth-order valence-electron chi connectivity index (χ4n) is 2.72. The van der Waals surface area contributed by atoms with Crippen LogP contribution in [0.2, 0.25) is 0 Å². The molecule has 0 radical (unpaired) electrons. The Morgan fingerprint density at radius 2 is 1.30 bits per heavy atom. The number of piperidine rings is 1. The van der Waals surface area contributed by atoms with Crippen LogP contribution in [-0.4, -0.2) is 18.0 Å². The van der Waals surface area contributed by atoms with Crippen LogP contribution in [0, 0.1) is 0 Å². The predicted molar refractivity (Wildman–Crippen MR) is 102 cm³/mol. The fraction of sp³-hybridized carbons (Fsp3) is 0.273. The molecule has 3 rings (SSSR count). The third-order valence-electron chi connectivity index (χ3n) is 4.11. The van der Waals surface area contributed by atoms with Crippen LogP contribution in [0.3, 0.4) is 0 Å². The van der Waals surface area contributed by atoms with Gasteiger partial charge < -0.3 is 0 Å². The molecule has 1 aliphatic heterocycles. The molecule has 0 aromatic heterocycles. The van der Waals surface area contributed by atoms with Crippen molar-refractivity contribution in [3.8, 4) is 0 Å². The summed E-state index contributed by atoms with van der Waals surface area (Å²) in [5, 5.41) is 0. The van der Waals surface area contributed by atoms with Crippen molar-refractivity contribution >= 4 is 12.2 Å². The minimum atomic E-state index is 1.11. The molecule has 0 bridgehead atoms. The van der Waals surface area contributed by atoms with Gasteiger partial charge in [0, 0.05) is 6.54 Å². The highest BCUT2D eigenvalue weighted by atomic mass is 15.1. The lowest BCUT2D eigenvalue weighted by Crippen LogP contribution is -2.28. The molecule has 0 atom stereocenters. The number of hydrogen-bond acceptors (Lipinski definition) is 1. The van der Waals surface area contributed by atoms with Crippen LogP contribution in [0.1, 0.15) is 36.0 Å². The van der Waals surface area contributed by atoms with Gasteiger partial charge in [-0.3, -0.25) is 4.90 Å². The van der Waals surface area contributed by atoms with E-state index in [0.29, 0.717) is 0 Å². The van der Waals surface area contributed by atoms with E-state index in [1.165, 1.54) is 49.0 Å². The molecule has 1 heterocycles. The first-order valence-corrected chi connectivity index (χ1v) is 8.43. The van der Waals surface area contributed by atoms with E-state index >= 15 is 0 Å². The van der Waals surface area contributed by atoms with E-state index in [-0.39, 0.29) is 0 Å². The van der Waals surface area contributed by atoms with E-state index in [9.17, 15) is 0 Å². The Hall–Kier alpha value is -2.12. The quantitative estimate of drug-likeness (QED) is 0.706. The largest absolute Gasteiger partial charge is 0.299 e. The second kappa shape index (κ2) is 9.81. The lowest BCUT2D eigenvalue weighted by molar-refractivity contribution is 0.221. The monoisotopic (exact) mass is 305 g/mol. The van der Waals surface area contributed by atoms with E-state index in [4.69, 9.17) is 0 Å². The molecule has 1 saturated heterocycles. The maximum absolute atomic E-state index is 3.77. The molecule has 2 aromatic carbocycles. The summed E-state index contributed by atoms with van der Waals surface area (Å²) in [6, 6.07) is 18.7. The van der Waals surface area contributed by atoms with Gasteiger partial charge in [0.05, 0.1) is 0 Å². The van der Waals surface area contributed by atoms with Gasteiger partial charge in [0.15, 0.2) is 0 Å². The van der Waals surface area contributed by atoms with Gasteiger partial charge in [-0.15, -0.1) is 0 Å². The molecule has 0 spiro atoms. The molecule has 1 fully saturated rings. The van der Waals surface area contributed by atoms with Gasteiger partial charge in [-0.1, -0.05) is 86.3 Å². The van der Waals surface area contributed by atoms with Crippen molar-refractivity contribution in [3.63, 3.8) is 0 Å². The van der Waals surface area contributed by atoms with Gasteiger partial charge in [0.2, 0.25) is 0 Å². The van der Waals surface area contributed by atoms with Crippen molar-refractivity contribution in [1.82, 2.24) is 4.90 Å². The summed E-state index contributed by atoms with van der Waals surface area (Å²) in [7, 11) is 0. The lowest BCUT2D eigenvalue weighted by Gasteiger charge is -2.26. The lowest BCUT2D eigenvalue weighted by atomic mass is 10.1. The van der Waals surface area contributed by atoms with E-state index in [1.54, 1.807) is 0 Å². The Labute approximate surface area is 141 Å². The highest BCUT2D eigenvalue weighted by molar-refractivity contribution is 5.47. The first-order valence-electron chi connectivity index (χ1n) is 8.43. The molecular weight excluding hydrogens is 278 g/mol. The number of likely N-dealkylation sites (tertiary alicyclic amines) is 1. The molecule has 0 saturated carbocycles. The van der Waals surface area contributed by atoms with Crippen LogP contribution >= 0.6 is 0 Å². The van der Waals surface area contributed by atoms with Crippen molar-refractivity contribution in [2.45, 2.75) is 25.8 Å². The number of rotatable bonds is 4. The minimum Gasteiger partial charge on any atom is -0.299 e. The molecule has 1 nitrogen and oxygen atoms in total. The molecule has 120 valence electrons. The van der Waals surface area contributed by atoms with Crippen molar-refractivity contribution in [2.24, 2.45) is 0 Å². The van der Waals surface area contributed by atoms with Crippen molar-refractivity contribution in [1.29, 1.82) is 0 Å². The summed E-state index contributed by atoms with van der Waals surface area (Å²) in [6.07, 6.45) is 7.87. The van der Waals surface area contributed by atoms with Crippen LogP contribution < -0.4 is 0 Å². The molecular formula is C22H27N. The number of benzene rings is 2. The summed E-state index contributed by atoms with van der Waals surface area (Å²) >= 11 is 0. The topological polar surface area (TPSA) is 3.24 Å². The Balaban J connectivity index is 0.000000203. The zero-order valence-electron chi connectivity index (χ0n) is 14.0. The van der Waals surface area contributed by atoms with E-state index in [2.05, 4.69) is 42.3 Å². The van der Waals surface area contributed by atoms with Gasteiger partial charge in [0.1, 0.15) is 0 Å². The Bertz CT molecular complexity index is 577. The second-order valence-electron chi connectivity index (χ2n) is 5.90. The van der Waals surface area contributed by atoms with Gasteiger partial charge in [-0.2, -0.15) is 0 Å². The molecule has 0 N–H and O–H groups in total. The van der Waals surface area contributed by atoms with Gasteiger partial charge in [0.25, 0.3) is 0 Å². The van der Waals surface area contributed by atoms with Gasteiger partial charge in [-0.05, 0) is 42.6 Å². The summed E-state index contributed by atoms with van der Waals surface area (Å²) in [5.41, 5.74) is 3.80. The van der Waals surface area contributed by atoms with Gasteiger partial charge >= 0.3 is 0 Å². The smallest absolute Gasteiger partial charge is 0.0233 e. The molecule has 1 aliphatic rings. The highest BCUT2D eigenvalue weighted by Crippen LogP contribution is 2.13. The van der Waals surface area contributed by atoms with Crippen molar-refractivity contribution < 1.29 is 0 Å². The van der Waals surface area contributed by atoms with E-state index in [0.717, 1.165) is 6.54 Å². The third kappa shape index (κ3) is 6.25. The SMILES string of the molecule is C=Cc1ccc(CN2CCCCC2)cc1.C=Cc1ccccc1. The zero-order valence-corrected chi connectivity index (χ0v) is 14.0. The maximum Gasteiger partial charge on any atom is 0.0233 e. The average molecular weight is 305 g/mol. The van der Waals surface area contributed by atoms with Crippen molar-refractivity contribution in [3.05, 3.63) is 84.4 Å². The first kappa shape index (κ1) is 17.2. The van der Waals surface area contributed by atoms with E-state index in [1.807, 2.05) is 42.5 Å². The normalized spacial score (nSPS) is 14.4. The standard InChI is InChI=1S/C14H19N.C8H8/c1-2-13-6-8-14(9-7-13)12-15-10-4-3-5-11-15;1-2-8-6-4-3-5-7-8/h2,6-9H,1,3-5,10-12H2;2-7H,1H2. The molecule has 2 aromatic rings. The molecule has 23 heavy (non-hydrogen) atoms. The summed E-state index contributed by atoms with van der Waals surface area (Å²) in [4.78, 5) is 2.55. The van der Waals surface area contributed by atoms with Gasteiger partial charge in [-0.25, -0.2) is 0 Å². The third-order valence-corrected chi connectivity index (χ3v) is 4.11. The van der Waals surface area contributed by atoms with Crippen LogP contribution in [0.4, 0.5) is 0 Å². The highest BCUT2D eigenvalue weighted by Gasteiger charge is 2.09. The fourth-order valence-corrected chi connectivity index (χ4v) is 2.72. The summed E-state index contributed by atoms with van der Waals surface area (Å²) in [6.45, 7) is 11.0. The Kier molecular flexibility index (Phi) is 7.35. The molecule has 0 amide bonds. The summed E-state index contributed by atoms with van der Waals surface area (Å²) in [5.74, 6) is 0. The Morgan fingerprint density at radius 1 is 0.739 bits per heavy atom. The van der Waals surface area contributed by atoms with Crippen LogP contribution in [0.25, 0.3) is 12.2 Å². The predicted octanol–water partition coefficient (Wildman–Crippen LogP) is 5.65. The average Bonchev–Trinajstić information content (AvgIpc) is 2.64. The molecule has 0 aliphatic carbocycles. The molecule has 1 heteroatoms. The second-order valence-corrected chi connectivity index (χ2v) is 5.90. The van der Waals surface area contributed by atoms with E-state index < -0.39 is 0 Å². The minimum absolute atomic E-state index is 1.11. The zero-order chi connectivity index (χ0) is 16.3.